The minimum Gasteiger partial charge on any atom is -0.466 e. The van der Waals surface area contributed by atoms with Gasteiger partial charge in [0.15, 0.2) is 0 Å². The number of carbonyl (C=O) groups excluding carboxylic acids is 1. The van der Waals surface area contributed by atoms with Gasteiger partial charge in [-0.3, -0.25) is 0 Å². The van der Waals surface area contributed by atoms with Crippen molar-refractivity contribution in [3.63, 3.8) is 0 Å². The molecule has 0 bridgehead atoms. The van der Waals surface area contributed by atoms with Gasteiger partial charge in [-0.25, -0.2) is 4.79 Å². The summed E-state index contributed by atoms with van der Waals surface area (Å²) in [6.45, 7) is 9.63. The van der Waals surface area contributed by atoms with E-state index in [0.717, 1.165) is 6.42 Å². The van der Waals surface area contributed by atoms with Gasteiger partial charge < -0.3 is 9.16 Å². The number of hydrogen-bond donors (Lipinski definition) is 0. The van der Waals surface area contributed by atoms with Crippen molar-refractivity contribution < 1.29 is 14.0 Å². The predicted octanol–water partition coefficient (Wildman–Crippen LogP) is 4.32. The van der Waals surface area contributed by atoms with Gasteiger partial charge in [-0.1, -0.05) is 94.4 Å². The van der Waals surface area contributed by atoms with E-state index < -0.39 is 8.32 Å². The summed E-state index contributed by atoms with van der Waals surface area (Å²) in [6, 6.07) is 21.3. The maximum Gasteiger partial charge on any atom is 0.330 e. The van der Waals surface area contributed by atoms with Gasteiger partial charge in [0, 0.05) is 12.7 Å². The Hall–Kier alpha value is -2.17. The van der Waals surface area contributed by atoms with Crippen LogP contribution < -0.4 is 10.4 Å². The maximum atomic E-state index is 11.3. The second-order valence-corrected chi connectivity index (χ2v) is 12.5. The van der Waals surface area contributed by atoms with Crippen LogP contribution in [0.1, 0.15) is 34.1 Å². The third kappa shape index (κ3) is 5.21. The molecule has 0 aliphatic heterocycles. The molecule has 2 rings (SSSR count). The molecule has 0 aliphatic carbocycles. The molecule has 0 N–H and O–H groups in total. The first-order valence-corrected chi connectivity index (χ1v) is 11.7. The molecule has 0 saturated carbocycles. The van der Waals surface area contributed by atoms with Crippen molar-refractivity contribution in [1.82, 2.24) is 0 Å². The normalized spacial score (nSPS) is 13.5. The molecular formula is C24H32O3Si. The van der Waals surface area contributed by atoms with E-state index >= 15 is 0 Å². The van der Waals surface area contributed by atoms with Crippen LogP contribution in [0.3, 0.4) is 0 Å². The Morgan fingerprint density at radius 1 is 1.00 bits per heavy atom. The molecule has 28 heavy (non-hydrogen) atoms. The second-order valence-electron chi connectivity index (χ2n) is 8.24. The van der Waals surface area contributed by atoms with E-state index in [1.54, 1.807) is 0 Å². The van der Waals surface area contributed by atoms with Crippen LogP contribution in [0, 0.1) is 5.92 Å². The van der Waals surface area contributed by atoms with Crippen LogP contribution in [0.5, 0.6) is 0 Å². The topological polar surface area (TPSA) is 35.5 Å². The summed E-state index contributed by atoms with van der Waals surface area (Å²) >= 11 is 0. The van der Waals surface area contributed by atoms with Crippen molar-refractivity contribution in [3.05, 3.63) is 72.8 Å². The molecule has 0 saturated heterocycles. The molecule has 0 unspecified atom stereocenters. The highest BCUT2D eigenvalue weighted by atomic mass is 28.4. The van der Waals surface area contributed by atoms with Crippen molar-refractivity contribution in [2.45, 2.75) is 39.2 Å². The largest absolute Gasteiger partial charge is 0.466 e. The fraction of sp³-hybridized carbons (Fsp3) is 0.375. The Bertz CT molecular complexity index is 724. The average Bonchev–Trinajstić information content (AvgIpc) is 2.69. The van der Waals surface area contributed by atoms with E-state index in [1.807, 2.05) is 6.08 Å². The summed E-state index contributed by atoms with van der Waals surface area (Å²) in [5, 5.41) is 2.54. The van der Waals surface area contributed by atoms with Crippen LogP contribution in [-0.2, 0) is 14.0 Å². The summed E-state index contributed by atoms with van der Waals surface area (Å²) in [5.41, 5.74) is 0. The smallest absolute Gasteiger partial charge is 0.330 e. The molecule has 0 aliphatic rings. The highest BCUT2D eigenvalue weighted by Gasteiger charge is 2.50. The highest BCUT2D eigenvalue weighted by Crippen LogP contribution is 2.37. The molecule has 4 heteroatoms. The van der Waals surface area contributed by atoms with Crippen molar-refractivity contribution in [2.24, 2.45) is 5.92 Å². The quantitative estimate of drug-likeness (QED) is 0.379. The number of hydrogen-bond acceptors (Lipinski definition) is 3. The van der Waals surface area contributed by atoms with Crippen molar-refractivity contribution in [3.8, 4) is 0 Å². The summed E-state index contributed by atoms with van der Waals surface area (Å²) < 4.78 is 11.6. The van der Waals surface area contributed by atoms with Gasteiger partial charge in [0.1, 0.15) is 0 Å². The number of methoxy groups -OCH3 is 1. The molecule has 1 atom stereocenters. The van der Waals surface area contributed by atoms with Crippen molar-refractivity contribution in [1.29, 1.82) is 0 Å². The number of rotatable bonds is 8. The average molecular weight is 397 g/mol. The minimum absolute atomic E-state index is 0.0305. The Morgan fingerprint density at radius 2 is 1.50 bits per heavy atom. The van der Waals surface area contributed by atoms with Crippen molar-refractivity contribution in [2.75, 3.05) is 13.7 Å². The third-order valence-electron chi connectivity index (χ3n) is 4.99. The number of benzene rings is 2. The fourth-order valence-corrected chi connectivity index (χ4v) is 8.25. The first-order chi connectivity index (χ1) is 13.3. The number of carbonyl (C=O) groups is 1. The van der Waals surface area contributed by atoms with E-state index in [1.165, 1.54) is 23.6 Å². The maximum absolute atomic E-state index is 11.3. The van der Waals surface area contributed by atoms with Crippen LogP contribution in [0.4, 0.5) is 0 Å². The molecule has 0 amide bonds. The lowest BCUT2D eigenvalue weighted by Gasteiger charge is -2.43. The van der Waals surface area contributed by atoms with E-state index in [9.17, 15) is 4.79 Å². The molecule has 2 aromatic rings. The Labute approximate surface area is 170 Å². The van der Waals surface area contributed by atoms with Crippen LogP contribution in [0.15, 0.2) is 72.8 Å². The van der Waals surface area contributed by atoms with Gasteiger partial charge in [-0.15, -0.1) is 0 Å². The highest BCUT2D eigenvalue weighted by molar-refractivity contribution is 6.99. The first kappa shape index (κ1) is 22.1. The molecule has 0 heterocycles. The third-order valence-corrected chi connectivity index (χ3v) is 10.00. The lowest BCUT2D eigenvalue weighted by atomic mass is 10.1. The Kier molecular flexibility index (Phi) is 7.78. The van der Waals surface area contributed by atoms with E-state index in [-0.39, 0.29) is 11.0 Å². The summed E-state index contributed by atoms with van der Waals surface area (Å²) in [4.78, 5) is 11.3. The van der Waals surface area contributed by atoms with Gasteiger partial charge >= 0.3 is 5.97 Å². The van der Waals surface area contributed by atoms with Gasteiger partial charge in [-0.2, -0.15) is 0 Å². The number of ether oxygens (including phenoxy) is 1. The summed E-state index contributed by atoms with van der Waals surface area (Å²) in [6.07, 6.45) is 4.12. The Morgan fingerprint density at radius 3 is 1.93 bits per heavy atom. The molecule has 3 nitrogen and oxygen atoms in total. The number of esters is 1. The van der Waals surface area contributed by atoms with Gasteiger partial charge in [-0.05, 0) is 27.8 Å². The molecular weight excluding hydrogens is 364 g/mol. The van der Waals surface area contributed by atoms with Crippen LogP contribution in [-0.4, -0.2) is 28.0 Å². The van der Waals surface area contributed by atoms with Gasteiger partial charge in [0.25, 0.3) is 8.32 Å². The lowest BCUT2D eigenvalue weighted by Crippen LogP contribution is -2.66. The zero-order valence-electron chi connectivity index (χ0n) is 17.6. The second kappa shape index (κ2) is 9.85. The van der Waals surface area contributed by atoms with Crippen LogP contribution in [0.25, 0.3) is 0 Å². The minimum atomic E-state index is -2.50. The molecule has 2 aromatic carbocycles. The van der Waals surface area contributed by atoms with E-state index in [0.29, 0.717) is 12.5 Å². The number of allylic oxidation sites excluding steroid dienone is 1. The van der Waals surface area contributed by atoms with E-state index in [2.05, 4.69) is 93.1 Å². The lowest BCUT2D eigenvalue weighted by molar-refractivity contribution is -0.134. The zero-order valence-corrected chi connectivity index (χ0v) is 18.6. The molecule has 0 aromatic heterocycles. The standard InChI is InChI=1S/C24H32O3Si/c1-20(13-12-18-23(25)26-5)19-27-28(24(2,3)4,21-14-8-6-9-15-21)22-16-10-7-11-17-22/h6-12,14-18,20H,13,19H2,1-5H3/b18-12+/t20-/m0/s1. The fourth-order valence-electron chi connectivity index (χ4n) is 3.56. The SMILES string of the molecule is COC(=O)/C=C/C[C@H](C)CO[Si](c1ccccc1)(c1ccccc1)C(C)(C)C. The molecule has 150 valence electrons. The van der Waals surface area contributed by atoms with Crippen LogP contribution in [0.2, 0.25) is 5.04 Å². The Balaban J connectivity index is 2.34. The van der Waals surface area contributed by atoms with Gasteiger partial charge in [0.2, 0.25) is 0 Å². The summed E-state index contributed by atoms with van der Waals surface area (Å²) in [7, 11) is -1.10. The predicted molar refractivity (Wildman–Crippen MR) is 119 cm³/mol. The van der Waals surface area contributed by atoms with Crippen LogP contribution >= 0.6 is 0 Å². The molecule has 0 spiro atoms. The van der Waals surface area contributed by atoms with E-state index in [4.69, 9.17) is 4.43 Å². The first-order valence-electron chi connectivity index (χ1n) is 9.80. The van der Waals surface area contributed by atoms with Crippen molar-refractivity contribution >= 4 is 24.7 Å². The zero-order chi connectivity index (χ0) is 20.6. The monoisotopic (exact) mass is 396 g/mol. The van der Waals surface area contributed by atoms with Gasteiger partial charge in [0.05, 0.1) is 7.11 Å². The molecule has 0 fully saturated rings. The summed E-state index contributed by atoms with van der Waals surface area (Å²) in [5.74, 6) is -0.0253. The molecule has 0 radical (unpaired) electrons.